The largest absolute Gasteiger partial charge is 0.348 e. The highest BCUT2D eigenvalue weighted by atomic mass is 79.9. The van der Waals surface area contributed by atoms with Crippen LogP contribution in [0.1, 0.15) is 20.9 Å². The van der Waals surface area contributed by atoms with E-state index in [9.17, 15) is 13.2 Å². The van der Waals surface area contributed by atoms with Gasteiger partial charge in [-0.1, -0.05) is 24.3 Å². The first kappa shape index (κ1) is 21.6. The minimum Gasteiger partial charge on any atom is -0.348 e. The van der Waals surface area contributed by atoms with Gasteiger partial charge < -0.3 is 5.32 Å². The number of aromatic nitrogens is 1. The first-order valence-corrected chi connectivity index (χ1v) is 11.8. The highest BCUT2D eigenvalue weighted by Crippen LogP contribution is 2.25. The Morgan fingerprint density at radius 1 is 1.17 bits per heavy atom. The molecular weight excluding hydrogens is 474 g/mol. The third-order valence-electron chi connectivity index (χ3n) is 4.27. The number of benzene rings is 2. The molecule has 1 aromatic heterocycles. The molecule has 0 aliphatic carbocycles. The maximum atomic E-state index is 12.5. The zero-order valence-electron chi connectivity index (χ0n) is 16.1. The van der Waals surface area contributed by atoms with E-state index in [1.54, 1.807) is 23.5 Å². The van der Waals surface area contributed by atoms with Crippen molar-refractivity contribution in [1.29, 1.82) is 0 Å². The van der Waals surface area contributed by atoms with Gasteiger partial charge in [-0.15, -0.1) is 11.3 Å². The Morgan fingerprint density at radius 2 is 1.86 bits per heavy atom. The number of hydrogen-bond acceptors (Lipinski definition) is 5. The lowest BCUT2D eigenvalue weighted by Crippen LogP contribution is -2.25. The smallest absolute Gasteiger partial charge is 0.251 e. The van der Waals surface area contributed by atoms with Crippen LogP contribution in [0.5, 0.6) is 0 Å². The minimum absolute atomic E-state index is 0.0538. The van der Waals surface area contributed by atoms with Gasteiger partial charge in [-0.2, -0.15) is 0 Å². The van der Waals surface area contributed by atoms with E-state index in [-0.39, 0.29) is 16.4 Å². The standard InChI is InChI=1S/C20H20BrN3O3S2/c1-13-23-18(12-28-13)15-6-4-14(5-7-15)11-22-20(25)16-8-9-17(21)19(10-16)29(26,27)24(2)3/h4-10,12H,11H2,1-3H3,(H,22,25). The van der Waals surface area contributed by atoms with E-state index >= 15 is 0 Å². The fraction of sp³-hybridized carbons (Fsp3) is 0.200. The SMILES string of the molecule is Cc1nc(-c2ccc(CNC(=O)c3ccc(Br)c(S(=O)(=O)N(C)C)c3)cc2)cs1. The number of nitrogens with one attached hydrogen (secondary N) is 1. The van der Waals surface area contributed by atoms with Gasteiger partial charge in [0.1, 0.15) is 0 Å². The van der Waals surface area contributed by atoms with E-state index in [4.69, 9.17) is 0 Å². The summed E-state index contributed by atoms with van der Waals surface area (Å²) >= 11 is 4.85. The number of halogens is 1. The monoisotopic (exact) mass is 493 g/mol. The van der Waals surface area contributed by atoms with Gasteiger partial charge in [-0.3, -0.25) is 4.79 Å². The molecule has 9 heteroatoms. The Kier molecular flexibility index (Phi) is 6.52. The van der Waals surface area contributed by atoms with E-state index in [1.165, 1.54) is 20.2 Å². The first-order chi connectivity index (χ1) is 13.7. The van der Waals surface area contributed by atoms with Gasteiger partial charge >= 0.3 is 0 Å². The number of amides is 1. The molecule has 0 atom stereocenters. The second kappa shape index (κ2) is 8.74. The Labute approximate surface area is 182 Å². The summed E-state index contributed by atoms with van der Waals surface area (Å²) in [5.41, 5.74) is 3.18. The Balaban J connectivity index is 1.71. The fourth-order valence-corrected chi connectivity index (χ4v) is 5.08. The van der Waals surface area contributed by atoms with Crippen molar-refractivity contribution >= 4 is 43.2 Å². The van der Waals surface area contributed by atoms with Crippen molar-refractivity contribution in [3.63, 3.8) is 0 Å². The first-order valence-electron chi connectivity index (χ1n) is 8.70. The Hall–Kier alpha value is -2.07. The van der Waals surface area contributed by atoms with Gasteiger partial charge in [0, 0.05) is 41.6 Å². The quantitative estimate of drug-likeness (QED) is 0.561. The van der Waals surface area contributed by atoms with Crippen molar-refractivity contribution in [2.45, 2.75) is 18.4 Å². The minimum atomic E-state index is -3.66. The fourth-order valence-electron chi connectivity index (χ4n) is 2.61. The van der Waals surface area contributed by atoms with Crippen molar-refractivity contribution in [2.75, 3.05) is 14.1 Å². The topological polar surface area (TPSA) is 79.4 Å². The van der Waals surface area contributed by atoms with Gasteiger partial charge in [0.2, 0.25) is 10.0 Å². The molecule has 0 spiro atoms. The van der Waals surface area contributed by atoms with E-state index in [2.05, 4.69) is 26.2 Å². The Morgan fingerprint density at radius 3 is 2.45 bits per heavy atom. The third kappa shape index (κ3) is 4.92. The number of aryl methyl sites for hydroxylation is 1. The van der Waals surface area contributed by atoms with Crippen LogP contribution in [0.2, 0.25) is 0 Å². The van der Waals surface area contributed by atoms with Crippen molar-refractivity contribution in [3.8, 4) is 11.3 Å². The van der Waals surface area contributed by atoms with Crippen LogP contribution in [0.4, 0.5) is 0 Å². The number of sulfonamides is 1. The van der Waals surface area contributed by atoms with Crippen molar-refractivity contribution in [2.24, 2.45) is 0 Å². The molecule has 0 unspecified atom stereocenters. The average Bonchev–Trinajstić information content (AvgIpc) is 3.13. The van der Waals surface area contributed by atoms with Gasteiger partial charge in [-0.25, -0.2) is 17.7 Å². The van der Waals surface area contributed by atoms with Gasteiger partial charge in [0.15, 0.2) is 0 Å². The molecule has 152 valence electrons. The van der Waals surface area contributed by atoms with Crippen LogP contribution in [0.3, 0.4) is 0 Å². The molecule has 0 radical (unpaired) electrons. The highest BCUT2D eigenvalue weighted by Gasteiger charge is 2.22. The summed E-state index contributed by atoms with van der Waals surface area (Å²) in [5.74, 6) is -0.341. The predicted molar refractivity (Wildman–Crippen MR) is 118 cm³/mol. The van der Waals surface area contributed by atoms with Crippen molar-refractivity contribution in [3.05, 3.63) is 68.5 Å². The zero-order chi connectivity index (χ0) is 21.2. The number of carbonyl (C=O) groups is 1. The summed E-state index contributed by atoms with van der Waals surface area (Å²) in [5, 5.41) is 5.86. The number of rotatable bonds is 6. The lowest BCUT2D eigenvalue weighted by Gasteiger charge is -2.14. The zero-order valence-corrected chi connectivity index (χ0v) is 19.4. The van der Waals surface area contributed by atoms with Crippen LogP contribution < -0.4 is 5.32 Å². The normalized spacial score (nSPS) is 11.6. The van der Waals surface area contributed by atoms with Crippen molar-refractivity contribution < 1.29 is 13.2 Å². The Bertz CT molecular complexity index is 1140. The number of hydrogen-bond donors (Lipinski definition) is 1. The van der Waals surface area contributed by atoms with E-state index in [0.29, 0.717) is 11.0 Å². The molecule has 0 aliphatic rings. The maximum absolute atomic E-state index is 12.5. The molecule has 1 heterocycles. The molecule has 0 bridgehead atoms. The second-order valence-electron chi connectivity index (χ2n) is 6.56. The molecule has 29 heavy (non-hydrogen) atoms. The van der Waals surface area contributed by atoms with E-state index in [1.807, 2.05) is 36.6 Å². The molecule has 2 aromatic carbocycles. The lowest BCUT2D eigenvalue weighted by molar-refractivity contribution is 0.0950. The molecule has 0 saturated heterocycles. The van der Waals surface area contributed by atoms with Crippen LogP contribution in [0.15, 0.2) is 57.2 Å². The summed E-state index contributed by atoms with van der Waals surface area (Å²) in [4.78, 5) is 17.0. The van der Waals surface area contributed by atoms with Gasteiger partial charge in [0.25, 0.3) is 5.91 Å². The molecule has 0 aliphatic heterocycles. The number of thiazole rings is 1. The van der Waals surface area contributed by atoms with E-state index < -0.39 is 10.0 Å². The number of carbonyl (C=O) groups excluding carboxylic acids is 1. The molecular formula is C20H20BrN3O3S2. The van der Waals surface area contributed by atoms with Crippen LogP contribution in [-0.4, -0.2) is 37.7 Å². The van der Waals surface area contributed by atoms with Gasteiger partial charge in [0.05, 0.1) is 15.6 Å². The van der Waals surface area contributed by atoms with Crippen LogP contribution in [-0.2, 0) is 16.6 Å². The maximum Gasteiger partial charge on any atom is 0.251 e. The summed E-state index contributed by atoms with van der Waals surface area (Å²) in [6.45, 7) is 2.30. The summed E-state index contributed by atoms with van der Waals surface area (Å²) in [6.07, 6.45) is 0. The highest BCUT2D eigenvalue weighted by molar-refractivity contribution is 9.10. The summed E-state index contributed by atoms with van der Waals surface area (Å²) in [7, 11) is -0.760. The van der Waals surface area contributed by atoms with E-state index in [0.717, 1.165) is 26.1 Å². The predicted octanol–water partition coefficient (Wildman–Crippen LogP) is 4.06. The molecule has 3 aromatic rings. The van der Waals surface area contributed by atoms with Crippen LogP contribution >= 0.6 is 27.3 Å². The second-order valence-corrected chi connectivity index (χ2v) is 10.6. The lowest BCUT2D eigenvalue weighted by atomic mass is 10.1. The van der Waals surface area contributed by atoms with Crippen LogP contribution in [0.25, 0.3) is 11.3 Å². The molecule has 1 amide bonds. The summed E-state index contributed by atoms with van der Waals surface area (Å²) < 4.78 is 26.4. The third-order valence-corrected chi connectivity index (χ3v) is 7.86. The number of nitrogens with zero attached hydrogens (tertiary/aromatic N) is 2. The average molecular weight is 494 g/mol. The van der Waals surface area contributed by atoms with Crippen LogP contribution in [0, 0.1) is 6.92 Å². The molecule has 0 saturated carbocycles. The molecule has 1 N–H and O–H groups in total. The van der Waals surface area contributed by atoms with Gasteiger partial charge in [-0.05, 0) is 46.6 Å². The van der Waals surface area contributed by atoms with Crippen molar-refractivity contribution in [1.82, 2.24) is 14.6 Å². The summed E-state index contributed by atoms with van der Waals surface area (Å²) in [6, 6.07) is 12.3. The molecule has 3 rings (SSSR count). The molecule has 6 nitrogen and oxygen atoms in total. The molecule has 0 fully saturated rings.